The van der Waals surface area contributed by atoms with E-state index in [2.05, 4.69) is 150 Å². The summed E-state index contributed by atoms with van der Waals surface area (Å²) in [5.41, 5.74) is 14.7. The second-order valence-corrected chi connectivity index (χ2v) is 12.9. The van der Waals surface area contributed by atoms with Crippen LogP contribution in [0, 0.1) is 0 Å². The molecular formula is C44H26BNO. The van der Waals surface area contributed by atoms with Gasteiger partial charge in [0.25, 0.3) is 0 Å². The Bertz CT molecular complexity index is 2770. The first kappa shape index (κ1) is 25.2. The van der Waals surface area contributed by atoms with Gasteiger partial charge in [-0.2, -0.15) is 0 Å². The Kier molecular flexibility index (Phi) is 4.95. The van der Waals surface area contributed by atoms with Gasteiger partial charge in [-0.05, 0) is 103 Å². The van der Waals surface area contributed by atoms with Crippen LogP contribution in [0.1, 0.15) is 0 Å². The fourth-order valence-corrected chi connectivity index (χ4v) is 8.29. The van der Waals surface area contributed by atoms with E-state index >= 15 is 0 Å². The molecule has 2 aliphatic heterocycles. The highest BCUT2D eigenvalue weighted by Crippen LogP contribution is 2.44. The van der Waals surface area contributed by atoms with Crippen molar-refractivity contribution in [2.45, 2.75) is 0 Å². The van der Waals surface area contributed by atoms with Crippen LogP contribution >= 0.6 is 0 Å². The lowest BCUT2D eigenvalue weighted by molar-refractivity contribution is 0.669. The summed E-state index contributed by atoms with van der Waals surface area (Å²) in [5.74, 6) is 0. The number of rotatable bonds is 2. The molecule has 0 unspecified atom stereocenters. The Morgan fingerprint density at radius 2 is 1.15 bits per heavy atom. The number of furan rings is 1. The van der Waals surface area contributed by atoms with E-state index in [1.165, 1.54) is 77.2 Å². The Labute approximate surface area is 272 Å². The standard InChI is InChI=1S/C44H26BNO/c1-2-10-28-21-33(19-17-27(28)9-1)46-40-25-30-12-4-3-11-29(30)24-39(40)45-38-15-7-5-13-34(38)37-23-32(26-41(46)44(37)45)31-18-20-43-36(22-31)35-14-6-8-16-42(35)47-43/h1-26H. The van der Waals surface area contributed by atoms with Gasteiger partial charge >= 0.3 is 0 Å². The summed E-state index contributed by atoms with van der Waals surface area (Å²) >= 11 is 0. The third-order valence-corrected chi connectivity index (χ3v) is 10.4. The zero-order chi connectivity index (χ0) is 30.6. The molecular weight excluding hydrogens is 569 g/mol. The van der Waals surface area contributed by atoms with Crippen LogP contribution in [0.3, 0.4) is 0 Å². The van der Waals surface area contributed by atoms with Crippen molar-refractivity contribution in [3.8, 4) is 22.3 Å². The first-order valence-corrected chi connectivity index (χ1v) is 16.3. The summed E-state index contributed by atoms with van der Waals surface area (Å²) in [6.45, 7) is 0.168. The second-order valence-electron chi connectivity index (χ2n) is 12.9. The van der Waals surface area contributed by atoms with E-state index in [9.17, 15) is 0 Å². The molecule has 0 bridgehead atoms. The van der Waals surface area contributed by atoms with E-state index in [4.69, 9.17) is 4.42 Å². The Morgan fingerprint density at radius 1 is 0.426 bits per heavy atom. The summed E-state index contributed by atoms with van der Waals surface area (Å²) in [7, 11) is 0. The van der Waals surface area contributed by atoms with Gasteiger partial charge in [0.05, 0.1) is 0 Å². The number of nitrogens with zero attached hydrogens (tertiary/aromatic N) is 1. The first-order valence-electron chi connectivity index (χ1n) is 16.3. The fraction of sp³-hybridized carbons (Fsp3) is 0. The molecule has 3 heteroatoms. The molecule has 0 saturated heterocycles. The highest BCUT2D eigenvalue weighted by Gasteiger charge is 2.42. The molecule has 3 heterocycles. The van der Waals surface area contributed by atoms with Crippen molar-refractivity contribution in [1.29, 1.82) is 0 Å². The molecule has 0 N–H and O–H groups in total. The third kappa shape index (κ3) is 3.51. The van der Waals surface area contributed by atoms with Crippen molar-refractivity contribution in [3.63, 3.8) is 0 Å². The third-order valence-electron chi connectivity index (χ3n) is 10.4. The van der Waals surface area contributed by atoms with Gasteiger partial charge in [0.15, 0.2) is 0 Å². The van der Waals surface area contributed by atoms with Crippen molar-refractivity contribution in [1.82, 2.24) is 0 Å². The normalized spacial score (nSPS) is 13.0. The molecule has 9 aromatic rings. The molecule has 1 aromatic heterocycles. The van der Waals surface area contributed by atoms with Crippen LogP contribution in [0.15, 0.2) is 162 Å². The number of para-hydroxylation sites is 1. The predicted octanol–water partition coefficient (Wildman–Crippen LogP) is 9.84. The van der Waals surface area contributed by atoms with Crippen LogP contribution in [0.5, 0.6) is 0 Å². The van der Waals surface area contributed by atoms with Crippen LogP contribution in [0.2, 0.25) is 0 Å². The minimum atomic E-state index is 0.168. The highest BCUT2D eigenvalue weighted by molar-refractivity contribution is 7.01. The van der Waals surface area contributed by atoms with E-state index in [0.717, 1.165) is 21.9 Å². The number of hydrogen-bond donors (Lipinski definition) is 0. The van der Waals surface area contributed by atoms with Crippen LogP contribution in [-0.2, 0) is 0 Å². The summed E-state index contributed by atoms with van der Waals surface area (Å²) in [6.07, 6.45) is 0. The van der Waals surface area contributed by atoms with E-state index in [0.29, 0.717) is 0 Å². The van der Waals surface area contributed by atoms with Crippen LogP contribution in [0.4, 0.5) is 17.1 Å². The second kappa shape index (κ2) is 9.25. The monoisotopic (exact) mass is 595 g/mol. The lowest BCUT2D eigenvalue weighted by Crippen LogP contribution is -2.54. The summed E-state index contributed by atoms with van der Waals surface area (Å²) < 4.78 is 6.21. The zero-order valence-electron chi connectivity index (χ0n) is 25.4. The Morgan fingerprint density at radius 3 is 2.04 bits per heavy atom. The van der Waals surface area contributed by atoms with Crippen LogP contribution in [0.25, 0.3) is 65.7 Å². The lowest BCUT2D eigenvalue weighted by Gasteiger charge is -2.36. The van der Waals surface area contributed by atoms with Gasteiger partial charge in [0, 0.05) is 27.8 Å². The van der Waals surface area contributed by atoms with Crippen molar-refractivity contribution in [2.24, 2.45) is 0 Å². The van der Waals surface area contributed by atoms with E-state index in [1.807, 2.05) is 12.1 Å². The summed E-state index contributed by atoms with van der Waals surface area (Å²) in [4.78, 5) is 2.52. The van der Waals surface area contributed by atoms with E-state index in [1.54, 1.807) is 0 Å². The molecule has 0 saturated carbocycles. The predicted molar refractivity (Wildman–Crippen MR) is 199 cm³/mol. The highest BCUT2D eigenvalue weighted by atomic mass is 16.3. The summed E-state index contributed by atoms with van der Waals surface area (Å²) in [5, 5.41) is 7.31. The smallest absolute Gasteiger partial charge is 0.248 e. The molecule has 0 radical (unpaired) electrons. The van der Waals surface area contributed by atoms with Gasteiger partial charge < -0.3 is 9.32 Å². The summed E-state index contributed by atoms with van der Waals surface area (Å²) in [6, 6.07) is 58.0. The van der Waals surface area contributed by atoms with E-state index < -0.39 is 0 Å². The largest absolute Gasteiger partial charge is 0.456 e. The van der Waals surface area contributed by atoms with E-state index in [-0.39, 0.29) is 6.71 Å². The number of anilines is 3. The molecule has 0 spiro atoms. The zero-order valence-corrected chi connectivity index (χ0v) is 25.4. The first-order chi connectivity index (χ1) is 23.3. The van der Waals surface area contributed by atoms with Crippen molar-refractivity contribution in [3.05, 3.63) is 158 Å². The van der Waals surface area contributed by atoms with Gasteiger partial charge in [-0.3, -0.25) is 0 Å². The molecule has 0 aliphatic carbocycles. The molecule has 216 valence electrons. The number of benzene rings is 8. The average molecular weight is 596 g/mol. The minimum Gasteiger partial charge on any atom is -0.456 e. The molecule has 8 aromatic carbocycles. The van der Waals surface area contributed by atoms with Gasteiger partial charge in [0.1, 0.15) is 11.2 Å². The maximum atomic E-state index is 6.21. The van der Waals surface area contributed by atoms with Gasteiger partial charge in [0.2, 0.25) is 6.71 Å². The molecule has 47 heavy (non-hydrogen) atoms. The van der Waals surface area contributed by atoms with Crippen molar-refractivity contribution < 1.29 is 4.42 Å². The average Bonchev–Trinajstić information content (AvgIpc) is 3.67. The quantitative estimate of drug-likeness (QED) is 0.185. The van der Waals surface area contributed by atoms with Crippen molar-refractivity contribution >= 4 is 83.6 Å². The van der Waals surface area contributed by atoms with Crippen LogP contribution in [-0.4, -0.2) is 6.71 Å². The lowest BCUT2D eigenvalue weighted by atomic mass is 9.37. The molecule has 2 aliphatic rings. The molecule has 11 rings (SSSR count). The minimum absolute atomic E-state index is 0.168. The molecule has 0 atom stereocenters. The number of fused-ring (bicyclic) bond motifs is 10. The maximum Gasteiger partial charge on any atom is 0.248 e. The SMILES string of the molecule is c1ccc2c(c1)B1c3cc4ccccc4cc3N(c3ccc4ccccc4c3)c3cc(-c4ccc5oc6ccccc6c5c4)cc-2c31. The molecule has 0 amide bonds. The topological polar surface area (TPSA) is 16.4 Å². The Hall–Kier alpha value is -6.06. The van der Waals surface area contributed by atoms with Crippen LogP contribution < -0.4 is 21.3 Å². The van der Waals surface area contributed by atoms with Gasteiger partial charge in [-0.15, -0.1) is 0 Å². The number of hydrogen-bond acceptors (Lipinski definition) is 2. The fourth-order valence-electron chi connectivity index (χ4n) is 8.29. The molecule has 0 fully saturated rings. The van der Waals surface area contributed by atoms with Crippen molar-refractivity contribution in [2.75, 3.05) is 4.90 Å². The molecule has 2 nitrogen and oxygen atoms in total. The van der Waals surface area contributed by atoms with Gasteiger partial charge in [-0.25, -0.2) is 0 Å². The van der Waals surface area contributed by atoms with Gasteiger partial charge in [-0.1, -0.05) is 115 Å². The maximum absolute atomic E-state index is 6.21. The Balaban J connectivity index is 1.23.